The minimum Gasteiger partial charge on any atom is -0.390 e. The molecule has 1 fully saturated rings. The third kappa shape index (κ3) is 4.58. The number of benzene rings is 1. The number of nitrogens with zero attached hydrogens (tertiary/aromatic N) is 4. The number of hydrogen-bond acceptors (Lipinski definition) is 4. The Balaban J connectivity index is 2.16. The van der Waals surface area contributed by atoms with Crippen LogP contribution in [-0.4, -0.2) is 53.2 Å². The van der Waals surface area contributed by atoms with Crippen molar-refractivity contribution in [2.45, 2.75) is 38.3 Å². The molecule has 10 heteroatoms. The number of carbonyl (C=O) groups excluding carboxylic acids is 1. The van der Waals surface area contributed by atoms with Crippen LogP contribution in [0.25, 0.3) is 0 Å². The summed E-state index contributed by atoms with van der Waals surface area (Å²) in [6.07, 6.45) is 2.16. The zero-order valence-corrected chi connectivity index (χ0v) is 17.9. The van der Waals surface area contributed by atoms with Crippen LogP contribution in [0.5, 0.6) is 0 Å². The summed E-state index contributed by atoms with van der Waals surface area (Å²) in [4.78, 5) is 17.6. The molecule has 0 spiro atoms. The van der Waals surface area contributed by atoms with Crippen molar-refractivity contribution in [1.29, 1.82) is 0 Å². The first-order chi connectivity index (χ1) is 14.6. The number of aliphatic hydroxyl groups is 1. The number of nitrogens with one attached hydrogen (secondary N) is 1. The molecule has 1 aliphatic rings. The highest BCUT2D eigenvalue weighted by atomic mass is 19.3. The molecule has 2 N–H and O–H groups in total. The largest absolute Gasteiger partial charge is 0.390 e. The summed E-state index contributed by atoms with van der Waals surface area (Å²) in [6, 6.07) is 2.75. The number of aliphatic hydroxyl groups excluding tert-OH is 1. The zero-order chi connectivity index (χ0) is 22.9. The van der Waals surface area contributed by atoms with Crippen molar-refractivity contribution in [3.63, 3.8) is 0 Å². The third-order valence-electron chi connectivity index (χ3n) is 5.31. The lowest BCUT2D eigenvalue weighted by atomic mass is 9.98. The van der Waals surface area contributed by atoms with Crippen LogP contribution in [0.2, 0.25) is 0 Å². The molecule has 7 nitrogen and oxygen atoms in total. The van der Waals surface area contributed by atoms with Crippen LogP contribution in [0.1, 0.15) is 53.0 Å². The number of aliphatic imine (C=N–C) groups is 1. The van der Waals surface area contributed by atoms with E-state index in [1.807, 2.05) is 0 Å². The first kappa shape index (κ1) is 22.8. The van der Waals surface area contributed by atoms with E-state index in [2.05, 4.69) is 15.4 Å². The maximum atomic E-state index is 15.0. The lowest BCUT2D eigenvalue weighted by Gasteiger charge is -2.24. The first-order valence-corrected chi connectivity index (χ1v) is 9.88. The van der Waals surface area contributed by atoms with Crippen LogP contribution in [0.3, 0.4) is 0 Å². The predicted molar refractivity (Wildman–Crippen MR) is 111 cm³/mol. The Hall–Kier alpha value is -2.88. The minimum absolute atomic E-state index is 0.00959. The van der Waals surface area contributed by atoms with Crippen molar-refractivity contribution < 1.29 is 23.1 Å². The molecule has 1 unspecified atom stereocenters. The Kier molecular flexibility index (Phi) is 6.40. The van der Waals surface area contributed by atoms with E-state index in [0.29, 0.717) is 19.2 Å². The second-order valence-electron chi connectivity index (χ2n) is 7.90. The fraction of sp³-hybridized carbons (Fsp3) is 0.476. The number of rotatable bonds is 7. The summed E-state index contributed by atoms with van der Waals surface area (Å²) in [7, 11) is 5.08. The highest BCUT2D eigenvalue weighted by Crippen LogP contribution is 2.46. The molecule has 1 aliphatic carbocycles. The Bertz CT molecular complexity index is 994. The third-order valence-corrected chi connectivity index (χ3v) is 5.31. The number of hydrogen-bond donors (Lipinski definition) is 2. The van der Waals surface area contributed by atoms with Crippen LogP contribution < -0.4 is 5.32 Å². The van der Waals surface area contributed by atoms with E-state index in [1.165, 1.54) is 16.8 Å². The van der Waals surface area contributed by atoms with E-state index in [-0.39, 0.29) is 28.6 Å². The molecule has 1 atom stereocenters. The van der Waals surface area contributed by atoms with Crippen molar-refractivity contribution in [3.05, 3.63) is 46.4 Å². The van der Waals surface area contributed by atoms with Gasteiger partial charge >= 0.3 is 0 Å². The van der Waals surface area contributed by atoms with Gasteiger partial charge < -0.3 is 15.3 Å². The number of alkyl halides is 2. The van der Waals surface area contributed by atoms with Gasteiger partial charge in [0.05, 0.1) is 18.2 Å². The number of aromatic nitrogens is 2. The van der Waals surface area contributed by atoms with E-state index in [4.69, 9.17) is 0 Å². The summed E-state index contributed by atoms with van der Waals surface area (Å²) < 4.78 is 43.8. The average Bonchev–Trinajstić information content (AvgIpc) is 3.48. The van der Waals surface area contributed by atoms with Gasteiger partial charge in [0.15, 0.2) is 12.2 Å². The molecule has 2 aromatic rings. The first-order valence-electron chi connectivity index (χ1n) is 9.88. The van der Waals surface area contributed by atoms with Gasteiger partial charge in [-0.2, -0.15) is 5.10 Å². The normalized spacial score (nSPS) is 15.7. The lowest BCUT2D eigenvalue weighted by molar-refractivity contribution is 0.0171. The maximum absolute atomic E-state index is 15.0. The molecular formula is C21H26F3N5O2. The molecular weight excluding hydrogens is 411 g/mol. The van der Waals surface area contributed by atoms with Gasteiger partial charge in [0.1, 0.15) is 17.3 Å². The van der Waals surface area contributed by atoms with Gasteiger partial charge in [-0.15, -0.1) is 0 Å². The van der Waals surface area contributed by atoms with Crippen LogP contribution in [0, 0.1) is 11.7 Å². The highest BCUT2D eigenvalue weighted by molar-refractivity contribution is 5.97. The molecule has 168 valence electrons. The molecule has 31 heavy (non-hydrogen) atoms. The maximum Gasteiger partial charge on any atom is 0.270 e. The van der Waals surface area contributed by atoms with E-state index < -0.39 is 30.0 Å². The minimum atomic E-state index is -3.17. The fourth-order valence-corrected chi connectivity index (χ4v) is 3.57. The molecule has 3 rings (SSSR count). The fourth-order valence-electron chi connectivity index (χ4n) is 3.57. The van der Waals surface area contributed by atoms with Crippen molar-refractivity contribution in [2.24, 2.45) is 10.9 Å². The SMILES string of the molecule is CN=C(Nc1c(C=O)c(CO)nn1C(c1ccc(C(C)(F)F)cc1F)C1CC1)N(C)C. The van der Waals surface area contributed by atoms with Gasteiger partial charge in [-0.1, -0.05) is 12.1 Å². The molecule has 1 aromatic carbocycles. The Morgan fingerprint density at radius 2 is 2.13 bits per heavy atom. The van der Waals surface area contributed by atoms with Gasteiger partial charge in [0, 0.05) is 39.2 Å². The summed E-state index contributed by atoms with van der Waals surface area (Å²) >= 11 is 0. The number of anilines is 1. The molecule has 1 heterocycles. The van der Waals surface area contributed by atoms with Gasteiger partial charge in [0.2, 0.25) is 0 Å². The molecule has 1 saturated carbocycles. The number of guanidine groups is 1. The highest BCUT2D eigenvalue weighted by Gasteiger charge is 2.39. The Morgan fingerprint density at radius 3 is 2.58 bits per heavy atom. The van der Waals surface area contributed by atoms with Crippen molar-refractivity contribution in [1.82, 2.24) is 14.7 Å². The second kappa shape index (κ2) is 8.70. The summed E-state index contributed by atoms with van der Waals surface area (Å²) in [5.41, 5.74) is 0.0466. The monoisotopic (exact) mass is 437 g/mol. The smallest absolute Gasteiger partial charge is 0.270 e. The molecule has 0 saturated heterocycles. The van der Waals surface area contributed by atoms with Crippen LogP contribution >= 0.6 is 0 Å². The average molecular weight is 437 g/mol. The van der Waals surface area contributed by atoms with E-state index in [0.717, 1.165) is 18.9 Å². The van der Waals surface area contributed by atoms with Crippen molar-refractivity contribution in [2.75, 3.05) is 26.5 Å². The molecule has 0 bridgehead atoms. The van der Waals surface area contributed by atoms with E-state index >= 15 is 4.39 Å². The van der Waals surface area contributed by atoms with E-state index in [1.54, 1.807) is 26.0 Å². The predicted octanol–water partition coefficient (Wildman–Crippen LogP) is 3.40. The van der Waals surface area contributed by atoms with Crippen molar-refractivity contribution in [3.8, 4) is 0 Å². The lowest BCUT2D eigenvalue weighted by Crippen LogP contribution is -2.31. The Labute approximate surface area is 178 Å². The summed E-state index contributed by atoms with van der Waals surface area (Å²) in [5.74, 6) is -3.25. The summed E-state index contributed by atoms with van der Waals surface area (Å²) in [5, 5.41) is 17.1. The number of aldehydes is 1. The Morgan fingerprint density at radius 1 is 1.45 bits per heavy atom. The number of halogens is 3. The summed E-state index contributed by atoms with van der Waals surface area (Å²) in [6.45, 7) is 0.225. The zero-order valence-electron chi connectivity index (χ0n) is 17.9. The van der Waals surface area contributed by atoms with Gasteiger partial charge in [-0.3, -0.25) is 9.79 Å². The van der Waals surface area contributed by atoms with Crippen LogP contribution in [0.4, 0.5) is 19.0 Å². The van der Waals surface area contributed by atoms with Crippen LogP contribution in [0.15, 0.2) is 23.2 Å². The van der Waals surface area contributed by atoms with Crippen molar-refractivity contribution >= 4 is 18.1 Å². The molecule has 1 aromatic heterocycles. The number of carbonyl (C=O) groups is 1. The molecule has 0 aliphatic heterocycles. The second-order valence-corrected chi connectivity index (χ2v) is 7.90. The quantitative estimate of drug-likeness (QED) is 0.394. The topological polar surface area (TPSA) is 82.7 Å². The van der Waals surface area contributed by atoms with Crippen LogP contribution in [-0.2, 0) is 12.5 Å². The van der Waals surface area contributed by atoms with Gasteiger partial charge in [0.25, 0.3) is 5.92 Å². The van der Waals surface area contributed by atoms with Gasteiger partial charge in [-0.25, -0.2) is 17.9 Å². The standard InChI is InChI=1S/C21H26F3N5O2/c1-21(23,24)13-7-8-14(16(22)9-13)18(12-5-6-12)29-19(26-20(25-2)28(3)4)15(10-30)17(11-31)27-29/h7-10,12,18,31H,5-6,11H2,1-4H3,(H,25,26). The molecule has 0 radical (unpaired) electrons. The van der Waals surface area contributed by atoms with E-state index in [9.17, 15) is 18.7 Å². The molecule has 0 amide bonds. The van der Waals surface area contributed by atoms with Gasteiger partial charge in [-0.05, 0) is 24.8 Å².